The third-order valence-corrected chi connectivity index (χ3v) is 3.48. The first-order valence-corrected chi connectivity index (χ1v) is 5.21. The van der Waals surface area contributed by atoms with Gasteiger partial charge in [0.1, 0.15) is 0 Å². The van der Waals surface area contributed by atoms with E-state index in [-0.39, 0.29) is 0 Å². The smallest absolute Gasteiger partial charge is 0.0242 e. The topological polar surface area (TPSA) is 12.0 Å². The highest BCUT2D eigenvalue weighted by Crippen LogP contribution is 2.22. The maximum absolute atomic E-state index is 3.19. The van der Waals surface area contributed by atoms with E-state index in [0.717, 1.165) is 12.2 Å². The Bertz CT molecular complexity index is 172. The fourth-order valence-electron chi connectivity index (χ4n) is 1.24. The standard InChI is InChI=1S/C9H16NP/c1-3-8-5-4-6-9(11-8)7-10-2/h4,6,8,10H,3,5,7H2,1-2H3. The number of hydrogen-bond donors (Lipinski definition) is 1. The summed E-state index contributed by atoms with van der Waals surface area (Å²) in [6, 6.07) is 0. The summed E-state index contributed by atoms with van der Waals surface area (Å²) in [6.07, 6.45) is 7.14. The molecule has 1 heterocycles. The third kappa shape index (κ3) is 2.76. The predicted molar refractivity (Wildman–Crippen MR) is 53.7 cm³/mol. The second-order valence-corrected chi connectivity index (χ2v) is 4.41. The number of nitrogens with one attached hydrogen (secondary N) is 1. The Morgan fingerprint density at radius 2 is 2.55 bits per heavy atom. The maximum atomic E-state index is 3.19. The van der Waals surface area contributed by atoms with Crippen molar-refractivity contribution in [3.05, 3.63) is 12.2 Å². The van der Waals surface area contributed by atoms with Crippen LogP contribution in [0.4, 0.5) is 0 Å². The minimum absolute atomic E-state index is 0.878. The van der Waals surface area contributed by atoms with Crippen molar-refractivity contribution in [2.45, 2.75) is 25.4 Å². The first-order chi connectivity index (χ1) is 5.36. The first-order valence-electron chi connectivity index (χ1n) is 4.24. The Hall–Kier alpha value is -0.130. The fourth-order valence-corrected chi connectivity index (χ4v) is 2.55. The van der Waals surface area contributed by atoms with Crippen LogP contribution in [0.25, 0.3) is 0 Å². The largest absolute Gasteiger partial charge is 0.315 e. The molecule has 0 fully saturated rings. The lowest BCUT2D eigenvalue weighted by atomic mass is 10.2. The van der Waals surface area contributed by atoms with E-state index in [2.05, 4.69) is 24.4 Å². The molecule has 1 aliphatic heterocycles. The van der Waals surface area contributed by atoms with Crippen LogP contribution < -0.4 is 5.32 Å². The normalized spacial score (nSPS) is 24.9. The van der Waals surface area contributed by atoms with Gasteiger partial charge in [0, 0.05) is 12.2 Å². The van der Waals surface area contributed by atoms with E-state index < -0.39 is 0 Å². The highest BCUT2D eigenvalue weighted by molar-refractivity contribution is 7.42. The molecular weight excluding hydrogens is 153 g/mol. The summed E-state index contributed by atoms with van der Waals surface area (Å²) in [4.78, 5) is 0. The van der Waals surface area contributed by atoms with Gasteiger partial charge < -0.3 is 5.32 Å². The van der Waals surface area contributed by atoms with Crippen molar-refractivity contribution >= 4 is 13.5 Å². The molecule has 0 bridgehead atoms. The quantitative estimate of drug-likeness (QED) is 0.638. The summed E-state index contributed by atoms with van der Waals surface area (Å²) in [6.45, 7) is 3.32. The predicted octanol–water partition coefficient (Wildman–Crippen LogP) is 2.06. The number of hydrogen-bond acceptors (Lipinski definition) is 1. The Labute approximate surface area is 70.7 Å². The van der Waals surface area contributed by atoms with Crippen molar-refractivity contribution in [1.29, 1.82) is 0 Å². The molecule has 0 aromatic rings. The zero-order chi connectivity index (χ0) is 8.10. The number of allylic oxidation sites excluding steroid dienone is 1. The van der Waals surface area contributed by atoms with Crippen molar-refractivity contribution in [2.24, 2.45) is 0 Å². The average Bonchev–Trinajstić information content (AvgIpc) is 2.06. The van der Waals surface area contributed by atoms with E-state index in [1.165, 1.54) is 18.1 Å². The Morgan fingerprint density at radius 3 is 3.18 bits per heavy atom. The van der Waals surface area contributed by atoms with Gasteiger partial charge in [-0.25, -0.2) is 0 Å². The van der Waals surface area contributed by atoms with Gasteiger partial charge in [-0.05, 0) is 25.2 Å². The summed E-state index contributed by atoms with van der Waals surface area (Å²) in [7, 11) is 3.55. The summed E-state index contributed by atoms with van der Waals surface area (Å²) in [5.41, 5.74) is 0.878. The van der Waals surface area contributed by atoms with Gasteiger partial charge in [-0.1, -0.05) is 27.3 Å². The molecule has 0 saturated carbocycles. The molecule has 11 heavy (non-hydrogen) atoms. The molecule has 0 aromatic carbocycles. The molecular formula is C9H16NP. The second kappa shape index (κ2) is 4.69. The van der Waals surface area contributed by atoms with Crippen LogP contribution in [-0.4, -0.2) is 24.5 Å². The molecule has 0 spiro atoms. The van der Waals surface area contributed by atoms with Crippen LogP contribution in [-0.2, 0) is 0 Å². The minimum atomic E-state index is 0.878. The summed E-state index contributed by atoms with van der Waals surface area (Å²) in [5.74, 6) is 0. The van der Waals surface area contributed by atoms with Crippen LogP contribution in [0.2, 0.25) is 0 Å². The van der Waals surface area contributed by atoms with E-state index in [9.17, 15) is 0 Å². The minimum Gasteiger partial charge on any atom is -0.315 e. The molecule has 2 heteroatoms. The molecule has 1 aliphatic rings. The highest BCUT2D eigenvalue weighted by Gasteiger charge is 2.06. The van der Waals surface area contributed by atoms with Crippen LogP contribution >= 0.6 is 8.20 Å². The van der Waals surface area contributed by atoms with Gasteiger partial charge in [-0.3, -0.25) is 0 Å². The average molecular weight is 169 g/mol. The van der Waals surface area contributed by atoms with Crippen molar-refractivity contribution in [1.82, 2.24) is 5.32 Å². The zero-order valence-corrected chi connectivity index (χ0v) is 8.20. The van der Waals surface area contributed by atoms with Gasteiger partial charge in [0.2, 0.25) is 0 Å². The summed E-state index contributed by atoms with van der Waals surface area (Å²) >= 11 is 0. The van der Waals surface area contributed by atoms with E-state index in [1.807, 2.05) is 7.05 Å². The fraction of sp³-hybridized carbons (Fsp3) is 0.667. The molecule has 1 atom stereocenters. The molecule has 0 radical (unpaired) electrons. The van der Waals surface area contributed by atoms with Gasteiger partial charge in [-0.2, -0.15) is 0 Å². The van der Waals surface area contributed by atoms with E-state index in [0.29, 0.717) is 0 Å². The van der Waals surface area contributed by atoms with Crippen molar-refractivity contribution in [3.63, 3.8) is 0 Å². The third-order valence-electron chi connectivity index (χ3n) is 1.90. The Kier molecular flexibility index (Phi) is 3.82. The Morgan fingerprint density at radius 1 is 1.73 bits per heavy atom. The Balaban J connectivity index is 2.49. The number of rotatable bonds is 3. The van der Waals surface area contributed by atoms with Gasteiger partial charge in [0.15, 0.2) is 0 Å². The summed E-state index contributed by atoms with van der Waals surface area (Å²) in [5, 5.41) is 4.72. The lowest BCUT2D eigenvalue weighted by Gasteiger charge is -2.13. The van der Waals surface area contributed by atoms with Crippen molar-refractivity contribution in [3.8, 4) is 0 Å². The molecule has 62 valence electrons. The lowest BCUT2D eigenvalue weighted by Crippen LogP contribution is -2.17. The maximum Gasteiger partial charge on any atom is 0.0242 e. The molecule has 1 rings (SSSR count). The van der Waals surface area contributed by atoms with Gasteiger partial charge in [0.25, 0.3) is 0 Å². The van der Waals surface area contributed by atoms with E-state index >= 15 is 0 Å². The molecule has 0 saturated heterocycles. The molecule has 0 aliphatic carbocycles. The van der Waals surface area contributed by atoms with Gasteiger partial charge in [-0.15, -0.1) is 0 Å². The molecule has 1 nitrogen and oxygen atoms in total. The first kappa shape index (κ1) is 8.96. The van der Waals surface area contributed by atoms with Crippen LogP contribution in [0.5, 0.6) is 0 Å². The van der Waals surface area contributed by atoms with E-state index in [1.54, 1.807) is 8.20 Å². The lowest BCUT2D eigenvalue weighted by molar-refractivity contribution is 0.832. The molecule has 1 unspecified atom stereocenters. The van der Waals surface area contributed by atoms with Crippen molar-refractivity contribution in [2.75, 3.05) is 13.6 Å². The van der Waals surface area contributed by atoms with E-state index in [4.69, 9.17) is 0 Å². The second-order valence-electron chi connectivity index (χ2n) is 2.85. The van der Waals surface area contributed by atoms with Crippen LogP contribution in [0.1, 0.15) is 19.8 Å². The SMILES string of the molecule is CCC1CC=CC(CNC)=P1. The molecule has 1 N–H and O–H groups in total. The summed E-state index contributed by atoms with van der Waals surface area (Å²) < 4.78 is 0. The van der Waals surface area contributed by atoms with Crippen LogP contribution in [0.3, 0.4) is 0 Å². The highest BCUT2D eigenvalue weighted by atomic mass is 31.1. The van der Waals surface area contributed by atoms with Gasteiger partial charge >= 0.3 is 0 Å². The molecule has 0 aromatic heterocycles. The van der Waals surface area contributed by atoms with Gasteiger partial charge in [0.05, 0.1) is 0 Å². The zero-order valence-electron chi connectivity index (χ0n) is 7.30. The monoisotopic (exact) mass is 169 g/mol. The van der Waals surface area contributed by atoms with Crippen molar-refractivity contribution < 1.29 is 0 Å². The molecule has 0 amide bonds. The van der Waals surface area contributed by atoms with Crippen LogP contribution in [0.15, 0.2) is 12.2 Å². The van der Waals surface area contributed by atoms with Crippen LogP contribution in [0, 0.1) is 0 Å².